The first-order valence-electron chi connectivity index (χ1n) is 37.0. The third-order valence-electron chi connectivity index (χ3n) is 17.4. The molecule has 0 saturated carbocycles. The van der Waals surface area contributed by atoms with Crippen LogP contribution in [0, 0.1) is 0 Å². The molecule has 0 rings (SSSR count). The lowest BCUT2D eigenvalue weighted by molar-refractivity contribution is -0.167. The number of rotatable bonds is 70. The van der Waals surface area contributed by atoms with Gasteiger partial charge in [0.15, 0.2) is 6.10 Å². The zero-order chi connectivity index (χ0) is 57.8. The van der Waals surface area contributed by atoms with E-state index in [-0.39, 0.29) is 31.1 Å². The van der Waals surface area contributed by atoms with Crippen LogP contribution in [0.3, 0.4) is 0 Å². The number of carbonyl (C=O) groups excluding carboxylic acids is 3. The molecule has 0 aliphatic heterocycles. The summed E-state index contributed by atoms with van der Waals surface area (Å²) in [6.07, 6.45) is 83.0. The molecule has 6 nitrogen and oxygen atoms in total. The Morgan fingerprint density at radius 2 is 0.338 bits per heavy atom. The minimum atomic E-state index is -0.763. The lowest BCUT2D eigenvalue weighted by atomic mass is 10.0. The van der Waals surface area contributed by atoms with E-state index in [9.17, 15) is 14.4 Å². The van der Waals surface area contributed by atoms with Crippen molar-refractivity contribution in [2.24, 2.45) is 0 Å². The molecule has 1 unspecified atom stereocenters. The van der Waals surface area contributed by atoms with Crippen molar-refractivity contribution in [1.29, 1.82) is 0 Å². The Kier molecular flexibility index (Phi) is 68.5. The molecule has 0 bridgehead atoms. The van der Waals surface area contributed by atoms with Crippen LogP contribution in [-0.2, 0) is 28.6 Å². The van der Waals surface area contributed by atoms with Crippen LogP contribution in [0.25, 0.3) is 0 Å². The summed E-state index contributed by atoms with van der Waals surface area (Å²) in [5.74, 6) is -0.819. The minimum Gasteiger partial charge on any atom is -0.462 e. The van der Waals surface area contributed by atoms with Gasteiger partial charge in [-0.25, -0.2) is 0 Å². The molecule has 80 heavy (non-hydrogen) atoms. The second-order valence-electron chi connectivity index (χ2n) is 25.6. The lowest BCUT2D eigenvalue weighted by Crippen LogP contribution is -2.30. The van der Waals surface area contributed by atoms with Gasteiger partial charge in [0.1, 0.15) is 13.2 Å². The number of hydrogen-bond donors (Lipinski definition) is 0. The zero-order valence-corrected chi connectivity index (χ0v) is 54.9. The van der Waals surface area contributed by atoms with E-state index >= 15 is 0 Å². The molecule has 476 valence electrons. The van der Waals surface area contributed by atoms with E-state index in [1.807, 2.05) is 0 Å². The van der Waals surface area contributed by atoms with E-state index in [1.165, 1.54) is 340 Å². The van der Waals surface area contributed by atoms with E-state index in [2.05, 4.69) is 20.8 Å². The van der Waals surface area contributed by atoms with Crippen LogP contribution in [-0.4, -0.2) is 37.2 Å². The molecule has 0 aliphatic carbocycles. The van der Waals surface area contributed by atoms with E-state index in [1.54, 1.807) is 0 Å². The normalized spacial score (nSPS) is 11.9. The maximum Gasteiger partial charge on any atom is 0.306 e. The third kappa shape index (κ3) is 67.2. The average Bonchev–Trinajstić information content (AvgIpc) is 3.46. The molecule has 0 heterocycles. The van der Waals surface area contributed by atoms with Gasteiger partial charge in [0, 0.05) is 19.3 Å². The van der Waals surface area contributed by atoms with Crippen molar-refractivity contribution in [1.82, 2.24) is 0 Å². The summed E-state index contributed by atoms with van der Waals surface area (Å²) >= 11 is 0. The van der Waals surface area contributed by atoms with Crippen molar-refractivity contribution in [2.75, 3.05) is 13.2 Å². The van der Waals surface area contributed by atoms with Crippen LogP contribution in [0.1, 0.15) is 438 Å². The van der Waals surface area contributed by atoms with Crippen LogP contribution in [0.15, 0.2) is 0 Å². The van der Waals surface area contributed by atoms with Gasteiger partial charge < -0.3 is 14.2 Å². The van der Waals surface area contributed by atoms with Crippen LogP contribution in [0.4, 0.5) is 0 Å². The van der Waals surface area contributed by atoms with Gasteiger partial charge in [-0.1, -0.05) is 400 Å². The van der Waals surface area contributed by atoms with Crippen molar-refractivity contribution in [3.63, 3.8) is 0 Å². The molecule has 0 aromatic rings. The SMILES string of the molecule is CCCCCCCCCCCCCCCCCCCCCCCCCCCCCCCCCC(=O)OCC(COC(=O)CCCCCCCCCCCCCCCCC)OC(=O)CCCCCCCCCCCCCCCCCC. The number of esters is 3. The Balaban J connectivity index is 4.10. The molecular weight excluding hydrogens is 985 g/mol. The molecule has 0 amide bonds. The van der Waals surface area contributed by atoms with Gasteiger partial charge in [-0.3, -0.25) is 14.4 Å². The zero-order valence-electron chi connectivity index (χ0n) is 54.9. The highest BCUT2D eigenvalue weighted by atomic mass is 16.6. The fourth-order valence-electron chi connectivity index (χ4n) is 11.8. The summed E-state index contributed by atoms with van der Waals surface area (Å²) in [4.78, 5) is 38.4. The second-order valence-corrected chi connectivity index (χ2v) is 25.6. The largest absolute Gasteiger partial charge is 0.462 e. The predicted octanol–water partition coefficient (Wildman–Crippen LogP) is 25.4. The van der Waals surface area contributed by atoms with Gasteiger partial charge in [0.05, 0.1) is 0 Å². The number of carbonyl (C=O) groups is 3. The fraction of sp³-hybridized carbons (Fsp3) is 0.959. The molecule has 0 aromatic carbocycles. The van der Waals surface area contributed by atoms with Gasteiger partial charge in [-0.05, 0) is 19.3 Å². The van der Waals surface area contributed by atoms with E-state index < -0.39 is 6.10 Å². The summed E-state index contributed by atoms with van der Waals surface area (Å²) in [5.41, 5.74) is 0. The summed E-state index contributed by atoms with van der Waals surface area (Å²) in [6, 6.07) is 0. The lowest BCUT2D eigenvalue weighted by Gasteiger charge is -2.18. The highest BCUT2D eigenvalue weighted by Gasteiger charge is 2.20. The Bertz CT molecular complexity index is 1200. The first kappa shape index (κ1) is 78.4. The highest BCUT2D eigenvalue weighted by Crippen LogP contribution is 2.20. The summed E-state index contributed by atoms with van der Waals surface area (Å²) < 4.78 is 17.0. The van der Waals surface area contributed by atoms with Gasteiger partial charge in [0.2, 0.25) is 0 Å². The quantitative estimate of drug-likeness (QED) is 0.0343. The Morgan fingerprint density at radius 3 is 0.500 bits per heavy atom. The first-order valence-corrected chi connectivity index (χ1v) is 37.0. The molecule has 0 N–H and O–H groups in total. The first-order chi connectivity index (χ1) is 39.5. The van der Waals surface area contributed by atoms with Crippen molar-refractivity contribution < 1.29 is 28.6 Å². The highest BCUT2D eigenvalue weighted by molar-refractivity contribution is 5.71. The molecule has 0 aliphatic rings. The van der Waals surface area contributed by atoms with E-state index in [0.29, 0.717) is 19.3 Å². The van der Waals surface area contributed by atoms with Crippen molar-refractivity contribution >= 4 is 17.9 Å². The van der Waals surface area contributed by atoms with Crippen molar-refractivity contribution in [2.45, 2.75) is 444 Å². The summed E-state index contributed by atoms with van der Waals surface area (Å²) in [5, 5.41) is 0. The van der Waals surface area contributed by atoms with Crippen molar-refractivity contribution in [3.05, 3.63) is 0 Å². The molecule has 0 saturated heterocycles. The van der Waals surface area contributed by atoms with Crippen LogP contribution in [0.5, 0.6) is 0 Å². The standard InChI is InChI=1S/C74H144O6/c1-4-7-10-13-16-19-22-25-28-30-31-32-33-34-35-36-37-38-39-40-41-42-43-44-47-49-52-55-58-61-64-67-73(76)79-70-71(69-78-72(75)66-63-60-57-54-51-48-45-27-24-21-18-15-12-9-6-3)80-74(77)68-65-62-59-56-53-50-46-29-26-23-20-17-14-11-8-5-2/h71H,4-70H2,1-3H3. The summed E-state index contributed by atoms with van der Waals surface area (Å²) in [6.45, 7) is 6.75. The fourth-order valence-corrected chi connectivity index (χ4v) is 11.8. The van der Waals surface area contributed by atoms with Gasteiger partial charge in [-0.2, -0.15) is 0 Å². The Morgan fingerprint density at radius 1 is 0.200 bits per heavy atom. The number of ether oxygens (including phenoxy) is 3. The summed E-state index contributed by atoms with van der Waals surface area (Å²) in [7, 11) is 0. The van der Waals surface area contributed by atoms with Gasteiger partial charge in [-0.15, -0.1) is 0 Å². The van der Waals surface area contributed by atoms with Crippen LogP contribution >= 0.6 is 0 Å². The van der Waals surface area contributed by atoms with Crippen LogP contribution < -0.4 is 0 Å². The average molecular weight is 1130 g/mol. The number of hydrogen-bond acceptors (Lipinski definition) is 6. The molecule has 0 aromatic heterocycles. The van der Waals surface area contributed by atoms with Gasteiger partial charge >= 0.3 is 17.9 Å². The molecular formula is C74H144O6. The Hall–Kier alpha value is -1.59. The second kappa shape index (κ2) is 69.9. The third-order valence-corrected chi connectivity index (χ3v) is 17.4. The number of unbranched alkanes of at least 4 members (excludes halogenated alkanes) is 59. The van der Waals surface area contributed by atoms with Crippen LogP contribution in [0.2, 0.25) is 0 Å². The molecule has 6 heteroatoms. The molecule has 0 fully saturated rings. The predicted molar refractivity (Wildman–Crippen MR) is 349 cm³/mol. The maximum absolute atomic E-state index is 12.9. The van der Waals surface area contributed by atoms with E-state index in [4.69, 9.17) is 14.2 Å². The van der Waals surface area contributed by atoms with E-state index in [0.717, 1.165) is 57.8 Å². The van der Waals surface area contributed by atoms with Gasteiger partial charge in [0.25, 0.3) is 0 Å². The topological polar surface area (TPSA) is 78.9 Å². The molecule has 0 spiro atoms. The smallest absolute Gasteiger partial charge is 0.306 e. The maximum atomic E-state index is 12.9. The monoisotopic (exact) mass is 1130 g/mol. The molecule has 0 radical (unpaired) electrons. The van der Waals surface area contributed by atoms with Crippen molar-refractivity contribution in [3.8, 4) is 0 Å². The Labute approximate surface area is 501 Å². The molecule has 1 atom stereocenters. The minimum absolute atomic E-state index is 0.0601.